The van der Waals surface area contributed by atoms with Crippen molar-refractivity contribution in [3.63, 3.8) is 0 Å². The van der Waals surface area contributed by atoms with E-state index >= 15 is 0 Å². The molecule has 0 aliphatic heterocycles. The highest BCUT2D eigenvalue weighted by molar-refractivity contribution is 5.94. The first-order valence-corrected chi connectivity index (χ1v) is 4.92. The summed E-state index contributed by atoms with van der Waals surface area (Å²) in [6, 6.07) is 8.50. The number of hydrogen-bond acceptors (Lipinski definition) is 3. The van der Waals surface area contributed by atoms with Crippen LogP contribution in [0, 0.1) is 4.91 Å². The summed E-state index contributed by atoms with van der Waals surface area (Å²) >= 11 is 0. The highest BCUT2D eigenvalue weighted by atomic mass is 16.3. The van der Waals surface area contributed by atoms with Gasteiger partial charge in [-0.15, -0.1) is 4.91 Å². The van der Waals surface area contributed by atoms with E-state index in [2.05, 4.69) is 5.29 Å². The second-order valence-electron chi connectivity index (χ2n) is 3.35. The third kappa shape index (κ3) is 2.62. The molecule has 1 aromatic carbocycles. The molecule has 1 amide bonds. The Bertz CT molecular complexity index is 338. The molecular weight excluding hydrogens is 192 g/mol. The van der Waals surface area contributed by atoms with Crippen LogP contribution >= 0.6 is 0 Å². The standard InChI is InChI=1S/C11H14N2O2/c1-3-9(2)13(12-15)11(14)10-7-5-4-6-8-10/h4-9H,3H2,1-2H3. The molecule has 4 nitrogen and oxygen atoms in total. The van der Waals surface area contributed by atoms with Crippen molar-refractivity contribution < 1.29 is 4.79 Å². The first-order valence-electron chi connectivity index (χ1n) is 4.92. The maximum atomic E-state index is 11.8. The van der Waals surface area contributed by atoms with Gasteiger partial charge in [0.1, 0.15) is 0 Å². The zero-order valence-corrected chi connectivity index (χ0v) is 8.88. The van der Waals surface area contributed by atoms with Gasteiger partial charge in [0.25, 0.3) is 5.91 Å². The normalized spacial score (nSPS) is 11.9. The van der Waals surface area contributed by atoms with Gasteiger partial charge in [-0.3, -0.25) is 4.79 Å². The quantitative estimate of drug-likeness (QED) is 0.561. The molecule has 1 atom stereocenters. The lowest BCUT2D eigenvalue weighted by Crippen LogP contribution is -2.33. The summed E-state index contributed by atoms with van der Waals surface area (Å²) in [5.74, 6) is -0.347. The van der Waals surface area contributed by atoms with Gasteiger partial charge in [-0.2, -0.15) is 5.01 Å². The molecule has 1 rings (SSSR count). The van der Waals surface area contributed by atoms with Crippen LogP contribution in [0.1, 0.15) is 30.6 Å². The number of nitroso groups, excluding NO2 is 1. The summed E-state index contributed by atoms with van der Waals surface area (Å²) in [7, 11) is 0. The molecular formula is C11H14N2O2. The third-order valence-corrected chi connectivity index (χ3v) is 2.33. The van der Waals surface area contributed by atoms with Crippen LogP contribution in [0.4, 0.5) is 0 Å². The van der Waals surface area contributed by atoms with Crippen LogP contribution in [-0.2, 0) is 0 Å². The minimum absolute atomic E-state index is 0.171. The fourth-order valence-electron chi connectivity index (χ4n) is 1.20. The van der Waals surface area contributed by atoms with Gasteiger partial charge in [0.15, 0.2) is 0 Å². The Morgan fingerprint density at radius 2 is 2.00 bits per heavy atom. The summed E-state index contributed by atoms with van der Waals surface area (Å²) in [6.45, 7) is 3.70. The highest BCUT2D eigenvalue weighted by Crippen LogP contribution is 2.10. The molecule has 0 heterocycles. The van der Waals surface area contributed by atoms with Gasteiger partial charge in [0, 0.05) is 5.56 Å². The van der Waals surface area contributed by atoms with E-state index in [9.17, 15) is 9.70 Å². The van der Waals surface area contributed by atoms with Crippen molar-refractivity contribution in [2.24, 2.45) is 5.29 Å². The minimum atomic E-state index is -0.347. The Labute approximate surface area is 88.8 Å². The number of carbonyl (C=O) groups is 1. The molecule has 0 aliphatic rings. The fraction of sp³-hybridized carbons (Fsp3) is 0.364. The molecule has 15 heavy (non-hydrogen) atoms. The molecule has 0 aromatic heterocycles. The molecule has 1 aromatic rings. The fourth-order valence-corrected chi connectivity index (χ4v) is 1.20. The van der Waals surface area contributed by atoms with Crippen LogP contribution in [0.2, 0.25) is 0 Å². The van der Waals surface area contributed by atoms with E-state index in [4.69, 9.17) is 0 Å². The van der Waals surface area contributed by atoms with Crippen LogP contribution in [-0.4, -0.2) is 17.0 Å². The van der Waals surface area contributed by atoms with Crippen LogP contribution in [0.15, 0.2) is 35.6 Å². The molecule has 0 bridgehead atoms. The predicted molar refractivity (Wildman–Crippen MR) is 58.2 cm³/mol. The van der Waals surface area contributed by atoms with Crippen molar-refractivity contribution >= 4 is 5.91 Å². The summed E-state index contributed by atoms with van der Waals surface area (Å²) in [6.07, 6.45) is 0.699. The molecule has 0 spiro atoms. The minimum Gasteiger partial charge on any atom is -0.267 e. The second kappa shape index (κ2) is 5.24. The molecule has 80 valence electrons. The van der Waals surface area contributed by atoms with Gasteiger partial charge in [-0.05, 0) is 25.5 Å². The van der Waals surface area contributed by atoms with Crippen LogP contribution in [0.25, 0.3) is 0 Å². The molecule has 0 fully saturated rings. The van der Waals surface area contributed by atoms with Gasteiger partial charge in [-0.1, -0.05) is 25.1 Å². The van der Waals surface area contributed by atoms with E-state index in [0.717, 1.165) is 5.01 Å². The number of carbonyl (C=O) groups excluding carboxylic acids is 1. The van der Waals surface area contributed by atoms with E-state index in [1.165, 1.54) is 0 Å². The average Bonchev–Trinajstić information content (AvgIpc) is 2.30. The SMILES string of the molecule is CCC(C)N(N=O)C(=O)c1ccccc1. The summed E-state index contributed by atoms with van der Waals surface area (Å²) in [5.41, 5.74) is 0.484. The van der Waals surface area contributed by atoms with E-state index < -0.39 is 0 Å². The van der Waals surface area contributed by atoms with Crippen LogP contribution in [0.3, 0.4) is 0 Å². The lowest BCUT2D eigenvalue weighted by atomic mass is 10.2. The molecule has 4 heteroatoms. The zero-order chi connectivity index (χ0) is 11.3. The van der Waals surface area contributed by atoms with Crippen LogP contribution < -0.4 is 0 Å². The Balaban J connectivity index is 2.87. The van der Waals surface area contributed by atoms with E-state index in [0.29, 0.717) is 12.0 Å². The highest BCUT2D eigenvalue weighted by Gasteiger charge is 2.20. The first kappa shape index (κ1) is 11.4. The Kier molecular flexibility index (Phi) is 3.97. The van der Waals surface area contributed by atoms with E-state index in [1.54, 1.807) is 31.2 Å². The number of rotatable bonds is 4. The number of nitrogens with zero attached hydrogens (tertiary/aromatic N) is 2. The summed E-state index contributed by atoms with van der Waals surface area (Å²) < 4.78 is 0. The van der Waals surface area contributed by atoms with Crippen molar-refractivity contribution in [3.8, 4) is 0 Å². The Morgan fingerprint density at radius 3 is 2.47 bits per heavy atom. The number of benzene rings is 1. The van der Waals surface area contributed by atoms with Crippen molar-refractivity contribution in [2.75, 3.05) is 0 Å². The van der Waals surface area contributed by atoms with E-state index in [-0.39, 0.29) is 11.9 Å². The maximum Gasteiger partial charge on any atom is 0.276 e. The van der Waals surface area contributed by atoms with Crippen molar-refractivity contribution in [2.45, 2.75) is 26.3 Å². The molecule has 0 radical (unpaired) electrons. The summed E-state index contributed by atoms with van der Waals surface area (Å²) in [4.78, 5) is 22.4. The lowest BCUT2D eigenvalue weighted by molar-refractivity contribution is 0.0690. The third-order valence-electron chi connectivity index (χ3n) is 2.33. The average molecular weight is 206 g/mol. The largest absolute Gasteiger partial charge is 0.276 e. The van der Waals surface area contributed by atoms with Gasteiger partial charge in [-0.25, -0.2) is 0 Å². The number of hydrogen-bond donors (Lipinski definition) is 0. The smallest absolute Gasteiger partial charge is 0.267 e. The van der Waals surface area contributed by atoms with Crippen LogP contribution in [0.5, 0.6) is 0 Å². The Morgan fingerprint density at radius 1 is 1.40 bits per heavy atom. The van der Waals surface area contributed by atoms with E-state index in [1.807, 2.05) is 13.0 Å². The van der Waals surface area contributed by atoms with Gasteiger partial charge >= 0.3 is 0 Å². The molecule has 0 N–H and O–H groups in total. The Hall–Kier alpha value is -1.71. The van der Waals surface area contributed by atoms with Crippen molar-refractivity contribution in [3.05, 3.63) is 40.8 Å². The molecule has 0 saturated carbocycles. The second-order valence-corrected chi connectivity index (χ2v) is 3.35. The monoisotopic (exact) mass is 206 g/mol. The van der Waals surface area contributed by atoms with Crippen molar-refractivity contribution in [1.29, 1.82) is 0 Å². The lowest BCUT2D eigenvalue weighted by Gasteiger charge is -2.19. The van der Waals surface area contributed by atoms with Crippen molar-refractivity contribution in [1.82, 2.24) is 5.01 Å². The zero-order valence-electron chi connectivity index (χ0n) is 8.88. The topological polar surface area (TPSA) is 49.7 Å². The molecule has 1 unspecified atom stereocenters. The first-order chi connectivity index (χ1) is 7.20. The van der Waals surface area contributed by atoms with Gasteiger partial charge < -0.3 is 0 Å². The van der Waals surface area contributed by atoms with Gasteiger partial charge in [0.2, 0.25) is 0 Å². The maximum absolute atomic E-state index is 11.8. The van der Waals surface area contributed by atoms with Gasteiger partial charge in [0.05, 0.1) is 11.3 Å². The predicted octanol–water partition coefficient (Wildman–Crippen LogP) is 2.61. The molecule has 0 saturated heterocycles. The summed E-state index contributed by atoms with van der Waals surface area (Å²) in [5, 5.41) is 3.75. The number of amides is 1. The molecule has 0 aliphatic carbocycles.